The minimum atomic E-state index is 0.362. The number of nitrogens with one attached hydrogen (secondary N) is 2. The van der Waals surface area contributed by atoms with Crippen molar-refractivity contribution in [1.82, 2.24) is 15.5 Å². The molecule has 4 nitrogen and oxygen atoms in total. The molecule has 124 valence electrons. The van der Waals surface area contributed by atoms with Crippen LogP contribution in [0.2, 0.25) is 5.02 Å². The smallest absolute Gasteiger partial charge is 0.191 e. The topological polar surface area (TPSA) is 39.7 Å². The van der Waals surface area contributed by atoms with Crippen molar-refractivity contribution in [3.8, 4) is 12.3 Å². The second-order valence-electron chi connectivity index (χ2n) is 5.89. The highest BCUT2D eigenvalue weighted by Crippen LogP contribution is 2.35. The highest BCUT2D eigenvalue weighted by molar-refractivity contribution is 6.30. The predicted octanol–water partition coefficient (Wildman–Crippen LogP) is 2.52. The third kappa shape index (κ3) is 4.89. The summed E-state index contributed by atoms with van der Waals surface area (Å²) in [6.07, 6.45) is 7.67. The Kier molecular flexibility index (Phi) is 6.76. The van der Waals surface area contributed by atoms with Crippen LogP contribution in [-0.2, 0) is 0 Å². The Bertz CT molecular complexity index is 579. The van der Waals surface area contributed by atoms with E-state index in [1.807, 2.05) is 12.1 Å². The highest BCUT2D eigenvalue weighted by Gasteiger charge is 2.30. The second-order valence-corrected chi connectivity index (χ2v) is 6.33. The first-order valence-electron chi connectivity index (χ1n) is 7.99. The highest BCUT2D eigenvalue weighted by atomic mass is 35.5. The van der Waals surface area contributed by atoms with Gasteiger partial charge in [-0.3, -0.25) is 9.89 Å². The largest absolute Gasteiger partial charge is 0.356 e. The summed E-state index contributed by atoms with van der Waals surface area (Å²) >= 11 is 6.18. The fourth-order valence-electron chi connectivity index (χ4n) is 3.27. The molecule has 2 rings (SSSR count). The van der Waals surface area contributed by atoms with Crippen LogP contribution in [0.1, 0.15) is 24.4 Å². The third-order valence-corrected chi connectivity index (χ3v) is 4.55. The minimum Gasteiger partial charge on any atom is -0.356 e. The Morgan fingerprint density at radius 2 is 2.30 bits per heavy atom. The van der Waals surface area contributed by atoms with Crippen LogP contribution in [-0.4, -0.2) is 44.6 Å². The normalized spacial score (nSPS) is 22.4. The summed E-state index contributed by atoms with van der Waals surface area (Å²) < 4.78 is 0. The quantitative estimate of drug-likeness (QED) is 0.505. The molecule has 5 heteroatoms. The minimum absolute atomic E-state index is 0.362. The van der Waals surface area contributed by atoms with Gasteiger partial charge in [0.15, 0.2) is 5.96 Å². The number of guanidine groups is 1. The number of benzene rings is 1. The predicted molar refractivity (Wildman–Crippen MR) is 97.7 cm³/mol. The molecule has 0 saturated carbocycles. The summed E-state index contributed by atoms with van der Waals surface area (Å²) in [4.78, 5) is 6.62. The molecule has 0 bridgehead atoms. The van der Waals surface area contributed by atoms with Crippen molar-refractivity contribution in [2.75, 3.05) is 33.7 Å². The van der Waals surface area contributed by atoms with Gasteiger partial charge in [-0.25, -0.2) is 0 Å². The number of hydrogen-bond acceptors (Lipinski definition) is 2. The van der Waals surface area contributed by atoms with Gasteiger partial charge in [0.2, 0.25) is 0 Å². The van der Waals surface area contributed by atoms with E-state index in [9.17, 15) is 0 Å². The molecule has 1 aromatic carbocycles. The van der Waals surface area contributed by atoms with Crippen LogP contribution in [0.4, 0.5) is 0 Å². The SMILES string of the molecule is C#CCNC(=NC)NCC1CCCN(C)C1c1cccc(Cl)c1. The Morgan fingerprint density at radius 1 is 1.48 bits per heavy atom. The van der Waals surface area contributed by atoms with Gasteiger partial charge in [-0.2, -0.15) is 0 Å². The first kappa shape index (κ1) is 17.7. The standard InChI is InChI=1S/C18H25ClN4/c1-4-10-21-18(20-2)22-13-15-8-6-11-23(3)17(15)14-7-5-9-16(19)12-14/h1,5,7,9,12,15,17H,6,8,10-11,13H2,2-3H3,(H2,20,21,22). The van der Waals surface area contributed by atoms with Crippen molar-refractivity contribution < 1.29 is 0 Å². The van der Waals surface area contributed by atoms with Gasteiger partial charge < -0.3 is 10.6 Å². The van der Waals surface area contributed by atoms with Crippen molar-refractivity contribution in [1.29, 1.82) is 0 Å². The van der Waals surface area contributed by atoms with E-state index in [-0.39, 0.29) is 0 Å². The van der Waals surface area contributed by atoms with Gasteiger partial charge >= 0.3 is 0 Å². The summed E-state index contributed by atoms with van der Waals surface area (Å²) in [7, 11) is 3.94. The van der Waals surface area contributed by atoms with E-state index in [1.54, 1.807) is 7.05 Å². The lowest BCUT2D eigenvalue weighted by atomic mass is 9.85. The molecule has 1 fully saturated rings. The summed E-state index contributed by atoms with van der Waals surface area (Å²) in [6.45, 7) is 2.44. The average Bonchev–Trinajstić information content (AvgIpc) is 2.55. The number of nitrogens with zero attached hydrogens (tertiary/aromatic N) is 2. The summed E-state index contributed by atoms with van der Waals surface area (Å²) in [6, 6.07) is 8.55. The van der Waals surface area contributed by atoms with Gasteiger partial charge in [-0.05, 0) is 50.0 Å². The number of terminal acetylenes is 1. The number of likely N-dealkylation sites (tertiary alicyclic amines) is 1. The van der Waals surface area contributed by atoms with E-state index in [0.717, 1.165) is 24.1 Å². The summed E-state index contributed by atoms with van der Waals surface area (Å²) in [5.41, 5.74) is 1.28. The van der Waals surface area contributed by atoms with E-state index in [4.69, 9.17) is 18.0 Å². The van der Waals surface area contributed by atoms with Crippen molar-refractivity contribution >= 4 is 17.6 Å². The van der Waals surface area contributed by atoms with Gasteiger partial charge in [0.25, 0.3) is 0 Å². The zero-order chi connectivity index (χ0) is 16.7. The Balaban J connectivity index is 2.07. The van der Waals surface area contributed by atoms with Crippen LogP contribution >= 0.6 is 11.6 Å². The Hall–Kier alpha value is -1.70. The van der Waals surface area contributed by atoms with Crippen molar-refractivity contribution in [3.05, 3.63) is 34.9 Å². The number of halogens is 1. The molecule has 0 radical (unpaired) electrons. The molecule has 2 atom stereocenters. The van der Waals surface area contributed by atoms with Crippen LogP contribution in [0.5, 0.6) is 0 Å². The lowest BCUT2D eigenvalue weighted by molar-refractivity contribution is 0.122. The molecule has 1 aromatic rings. The molecule has 1 aliphatic heterocycles. The maximum Gasteiger partial charge on any atom is 0.191 e. The lowest BCUT2D eigenvalue weighted by Gasteiger charge is -2.40. The van der Waals surface area contributed by atoms with Gasteiger partial charge in [0, 0.05) is 24.7 Å². The zero-order valence-electron chi connectivity index (χ0n) is 13.8. The van der Waals surface area contributed by atoms with Crippen LogP contribution in [0.15, 0.2) is 29.3 Å². The third-order valence-electron chi connectivity index (χ3n) is 4.31. The zero-order valence-corrected chi connectivity index (χ0v) is 14.6. The van der Waals surface area contributed by atoms with Crippen LogP contribution in [0.25, 0.3) is 0 Å². The fraction of sp³-hybridized carbons (Fsp3) is 0.500. The molecule has 0 aliphatic carbocycles. The molecular weight excluding hydrogens is 308 g/mol. The average molecular weight is 333 g/mol. The van der Waals surface area contributed by atoms with Crippen LogP contribution < -0.4 is 10.6 Å². The number of piperidine rings is 1. The van der Waals surface area contributed by atoms with Gasteiger partial charge in [-0.1, -0.05) is 29.7 Å². The summed E-state index contributed by atoms with van der Waals surface area (Å²) in [5, 5.41) is 7.29. The molecule has 1 heterocycles. The van der Waals surface area contributed by atoms with Gasteiger partial charge in [0.1, 0.15) is 0 Å². The van der Waals surface area contributed by atoms with E-state index >= 15 is 0 Å². The lowest BCUT2D eigenvalue weighted by Crippen LogP contribution is -2.45. The Morgan fingerprint density at radius 3 is 3.00 bits per heavy atom. The maximum atomic E-state index is 6.18. The van der Waals surface area contributed by atoms with Crippen molar-refractivity contribution in [2.24, 2.45) is 10.9 Å². The van der Waals surface area contributed by atoms with Crippen molar-refractivity contribution in [3.63, 3.8) is 0 Å². The molecule has 2 unspecified atom stereocenters. The number of aliphatic imine (C=N–C) groups is 1. The Labute approximate surface area is 144 Å². The van der Waals surface area contributed by atoms with E-state index in [0.29, 0.717) is 18.5 Å². The molecule has 0 amide bonds. The molecule has 2 N–H and O–H groups in total. The summed E-state index contributed by atoms with van der Waals surface area (Å²) in [5.74, 6) is 3.81. The molecule has 1 saturated heterocycles. The molecule has 1 aliphatic rings. The van der Waals surface area contributed by atoms with Gasteiger partial charge in [0.05, 0.1) is 6.54 Å². The maximum absolute atomic E-state index is 6.18. The number of rotatable bonds is 4. The monoisotopic (exact) mass is 332 g/mol. The van der Waals surface area contributed by atoms with Crippen LogP contribution in [0.3, 0.4) is 0 Å². The molecule has 0 spiro atoms. The number of hydrogen-bond donors (Lipinski definition) is 2. The van der Waals surface area contributed by atoms with E-state index in [2.05, 4.69) is 45.6 Å². The van der Waals surface area contributed by atoms with Crippen molar-refractivity contribution in [2.45, 2.75) is 18.9 Å². The molecule has 0 aromatic heterocycles. The molecular formula is C18H25ClN4. The first-order chi connectivity index (χ1) is 11.2. The van der Waals surface area contributed by atoms with Gasteiger partial charge in [-0.15, -0.1) is 6.42 Å². The fourth-order valence-corrected chi connectivity index (χ4v) is 3.47. The first-order valence-corrected chi connectivity index (χ1v) is 8.37. The van der Waals surface area contributed by atoms with Crippen LogP contribution in [0, 0.1) is 18.3 Å². The van der Waals surface area contributed by atoms with E-state index < -0.39 is 0 Å². The molecule has 23 heavy (non-hydrogen) atoms. The van der Waals surface area contributed by atoms with E-state index in [1.165, 1.54) is 18.4 Å². The second kappa shape index (κ2) is 8.81.